The standard InChI is InChI=1S/C24H18F3N5O2/c1-13-9-15(22-28-12-16-10-17(24(25,26)27)4-5-18(16)29-22)3-6-20(13)31-7-8-32-21(23(31)34)11-19(30-32)14(2)33/h3-6,9-12H,7-8H2,1-2H3. The lowest BCUT2D eigenvalue weighted by Crippen LogP contribution is -2.40. The van der Waals surface area contributed by atoms with Crippen molar-refractivity contribution in [3.8, 4) is 11.4 Å². The molecule has 34 heavy (non-hydrogen) atoms. The van der Waals surface area contributed by atoms with Gasteiger partial charge >= 0.3 is 6.18 Å². The number of anilines is 1. The van der Waals surface area contributed by atoms with Crippen molar-refractivity contribution in [1.29, 1.82) is 0 Å². The van der Waals surface area contributed by atoms with Gasteiger partial charge < -0.3 is 4.90 Å². The van der Waals surface area contributed by atoms with Crippen LogP contribution in [0.25, 0.3) is 22.3 Å². The summed E-state index contributed by atoms with van der Waals surface area (Å²) in [5, 5.41) is 4.49. The van der Waals surface area contributed by atoms with Crippen molar-refractivity contribution < 1.29 is 22.8 Å². The van der Waals surface area contributed by atoms with E-state index >= 15 is 0 Å². The average molecular weight is 465 g/mol. The summed E-state index contributed by atoms with van der Waals surface area (Å²) in [5.41, 5.74) is 2.46. The third kappa shape index (κ3) is 3.70. The van der Waals surface area contributed by atoms with Gasteiger partial charge in [0.15, 0.2) is 11.6 Å². The molecule has 0 atom stereocenters. The summed E-state index contributed by atoms with van der Waals surface area (Å²) < 4.78 is 40.4. The number of hydrogen-bond acceptors (Lipinski definition) is 5. The molecule has 0 fully saturated rings. The second-order valence-electron chi connectivity index (χ2n) is 8.12. The Labute approximate surface area is 191 Å². The molecular formula is C24H18F3N5O2. The number of carbonyl (C=O) groups is 2. The van der Waals surface area contributed by atoms with E-state index in [0.717, 1.165) is 17.7 Å². The summed E-state index contributed by atoms with van der Waals surface area (Å²) in [5.74, 6) is -0.0765. The quantitative estimate of drug-likeness (QED) is 0.411. The minimum Gasteiger partial charge on any atom is -0.305 e. The van der Waals surface area contributed by atoms with Gasteiger partial charge in [0, 0.05) is 42.4 Å². The van der Waals surface area contributed by atoms with Gasteiger partial charge in [-0.05, 0) is 48.9 Å². The van der Waals surface area contributed by atoms with Crippen molar-refractivity contribution in [2.24, 2.45) is 0 Å². The normalized spacial score (nSPS) is 13.9. The first-order chi connectivity index (χ1) is 16.1. The number of aryl methyl sites for hydroxylation is 1. The number of alkyl halides is 3. The Morgan fingerprint density at radius 1 is 1.06 bits per heavy atom. The molecule has 2 aromatic carbocycles. The Bertz CT molecular complexity index is 1480. The van der Waals surface area contributed by atoms with Crippen LogP contribution in [0, 0.1) is 6.92 Å². The number of halogens is 3. The van der Waals surface area contributed by atoms with Gasteiger partial charge in [0.25, 0.3) is 5.91 Å². The summed E-state index contributed by atoms with van der Waals surface area (Å²) in [6.45, 7) is 4.13. The van der Waals surface area contributed by atoms with Crippen LogP contribution in [0.5, 0.6) is 0 Å². The molecule has 0 saturated carbocycles. The first-order valence-corrected chi connectivity index (χ1v) is 10.5. The van der Waals surface area contributed by atoms with Gasteiger partial charge in [0.05, 0.1) is 17.6 Å². The molecule has 0 aliphatic carbocycles. The molecule has 3 heterocycles. The average Bonchev–Trinajstić information content (AvgIpc) is 3.24. The number of hydrogen-bond donors (Lipinski definition) is 0. The number of benzene rings is 2. The highest BCUT2D eigenvalue weighted by Gasteiger charge is 2.31. The number of Topliss-reactive ketones (excluding diaryl/α,β-unsaturated/α-hetero) is 1. The molecule has 1 aliphatic heterocycles. The molecule has 0 spiro atoms. The predicted molar refractivity (Wildman–Crippen MR) is 119 cm³/mol. The highest BCUT2D eigenvalue weighted by Crippen LogP contribution is 2.32. The minimum atomic E-state index is -4.43. The zero-order valence-corrected chi connectivity index (χ0v) is 18.2. The topological polar surface area (TPSA) is 81.0 Å². The van der Waals surface area contributed by atoms with Crippen LogP contribution >= 0.6 is 0 Å². The van der Waals surface area contributed by atoms with Gasteiger partial charge in [0.2, 0.25) is 0 Å². The van der Waals surface area contributed by atoms with Gasteiger partial charge in [-0.1, -0.05) is 0 Å². The first-order valence-electron chi connectivity index (χ1n) is 10.5. The van der Waals surface area contributed by atoms with Gasteiger partial charge in [-0.3, -0.25) is 14.3 Å². The number of rotatable bonds is 3. The van der Waals surface area contributed by atoms with E-state index in [1.54, 1.807) is 21.7 Å². The van der Waals surface area contributed by atoms with Crippen molar-refractivity contribution in [2.75, 3.05) is 11.4 Å². The maximum atomic E-state index is 13.1. The van der Waals surface area contributed by atoms with E-state index in [9.17, 15) is 22.8 Å². The van der Waals surface area contributed by atoms with Crippen LogP contribution in [0.3, 0.4) is 0 Å². The number of ketones is 1. The van der Waals surface area contributed by atoms with E-state index < -0.39 is 11.7 Å². The summed E-state index contributed by atoms with van der Waals surface area (Å²) >= 11 is 0. The lowest BCUT2D eigenvalue weighted by molar-refractivity contribution is -0.137. The maximum Gasteiger partial charge on any atom is 0.416 e. The molecule has 172 valence electrons. The smallest absolute Gasteiger partial charge is 0.305 e. The van der Waals surface area contributed by atoms with Crippen LogP contribution < -0.4 is 4.90 Å². The van der Waals surface area contributed by atoms with E-state index in [1.807, 2.05) is 13.0 Å². The molecule has 0 N–H and O–H groups in total. The Balaban J connectivity index is 1.45. The van der Waals surface area contributed by atoms with Gasteiger partial charge in [-0.15, -0.1) is 0 Å². The molecule has 10 heteroatoms. The molecule has 0 unspecified atom stereocenters. The van der Waals surface area contributed by atoms with E-state index in [-0.39, 0.29) is 17.4 Å². The van der Waals surface area contributed by atoms with Crippen LogP contribution in [-0.4, -0.2) is 38.0 Å². The summed E-state index contributed by atoms with van der Waals surface area (Å²) in [6, 6.07) is 10.3. The largest absolute Gasteiger partial charge is 0.416 e. The van der Waals surface area contributed by atoms with Crippen molar-refractivity contribution in [3.05, 3.63) is 71.2 Å². The molecule has 0 bridgehead atoms. The van der Waals surface area contributed by atoms with Crippen molar-refractivity contribution in [3.63, 3.8) is 0 Å². The SMILES string of the molecule is CC(=O)c1cc2n(n1)CCN(c1ccc(-c3ncc4cc(C(F)(F)F)ccc4n3)cc1C)C2=O. The van der Waals surface area contributed by atoms with Crippen molar-refractivity contribution >= 4 is 28.3 Å². The molecular weight excluding hydrogens is 447 g/mol. The third-order valence-electron chi connectivity index (χ3n) is 5.79. The fourth-order valence-corrected chi connectivity index (χ4v) is 4.04. The van der Waals surface area contributed by atoms with Gasteiger partial charge in [-0.25, -0.2) is 9.97 Å². The van der Waals surface area contributed by atoms with Crippen LogP contribution in [0.4, 0.5) is 18.9 Å². The van der Waals surface area contributed by atoms with E-state index in [4.69, 9.17) is 0 Å². The second kappa shape index (κ2) is 7.75. The van der Waals surface area contributed by atoms with Crippen LogP contribution in [0.1, 0.15) is 39.0 Å². The number of carbonyl (C=O) groups excluding carboxylic acids is 2. The molecule has 2 aromatic heterocycles. The second-order valence-corrected chi connectivity index (χ2v) is 8.12. The molecule has 5 rings (SSSR count). The molecule has 0 radical (unpaired) electrons. The Hall–Kier alpha value is -4.08. The number of fused-ring (bicyclic) bond motifs is 2. The summed E-state index contributed by atoms with van der Waals surface area (Å²) in [6.07, 6.45) is -3.06. The Morgan fingerprint density at radius 2 is 1.85 bits per heavy atom. The molecule has 4 aromatic rings. The number of nitrogens with zero attached hydrogens (tertiary/aromatic N) is 5. The Kier molecular flexibility index (Phi) is 4.96. The van der Waals surface area contributed by atoms with E-state index in [1.165, 1.54) is 25.3 Å². The lowest BCUT2D eigenvalue weighted by Gasteiger charge is -2.29. The fraction of sp³-hybridized carbons (Fsp3) is 0.208. The van der Waals surface area contributed by atoms with E-state index in [0.29, 0.717) is 46.8 Å². The zero-order valence-electron chi connectivity index (χ0n) is 18.2. The van der Waals surface area contributed by atoms with Gasteiger partial charge in [-0.2, -0.15) is 18.3 Å². The van der Waals surface area contributed by atoms with E-state index in [2.05, 4.69) is 15.1 Å². The molecule has 1 aliphatic rings. The molecule has 1 amide bonds. The van der Waals surface area contributed by atoms with Crippen molar-refractivity contribution in [1.82, 2.24) is 19.7 Å². The van der Waals surface area contributed by atoms with Crippen LogP contribution in [0.2, 0.25) is 0 Å². The first kappa shape index (κ1) is 21.7. The summed E-state index contributed by atoms with van der Waals surface area (Å²) in [7, 11) is 0. The highest BCUT2D eigenvalue weighted by atomic mass is 19.4. The molecule has 0 saturated heterocycles. The molecule has 7 nitrogen and oxygen atoms in total. The predicted octanol–water partition coefficient (Wildman–Crippen LogP) is 4.68. The van der Waals surface area contributed by atoms with Crippen molar-refractivity contribution in [2.45, 2.75) is 26.6 Å². The van der Waals surface area contributed by atoms with Gasteiger partial charge in [0.1, 0.15) is 11.4 Å². The monoisotopic (exact) mass is 465 g/mol. The highest BCUT2D eigenvalue weighted by molar-refractivity contribution is 6.07. The fourth-order valence-electron chi connectivity index (χ4n) is 4.04. The number of amides is 1. The lowest BCUT2D eigenvalue weighted by atomic mass is 10.1. The minimum absolute atomic E-state index is 0.202. The zero-order chi connectivity index (χ0) is 24.2. The third-order valence-corrected chi connectivity index (χ3v) is 5.79. The Morgan fingerprint density at radius 3 is 2.56 bits per heavy atom. The maximum absolute atomic E-state index is 13.1. The summed E-state index contributed by atoms with van der Waals surface area (Å²) in [4.78, 5) is 35.0. The number of aromatic nitrogens is 4. The van der Waals surface area contributed by atoms with Crippen LogP contribution in [0.15, 0.2) is 48.7 Å². The van der Waals surface area contributed by atoms with Crippen LogP contribution in [-0.2, 0) is 12.7 Å².